The summed E-state index contributed by atoms with van der Waals surface area (Å²) in [7, 11) is 0. The van der Waals surface area contributed by atoms with Crippen LogP contribution in [0.5, 0.6) is 0 Å². The number of para-hydroxylation sites is 1. The first-order valence-corrected chi connectivity index (χ1v) is 6.84. The Labute approximate surface area is 127 Å². The highest BCUT2D eigenvalue weighted by molar-refractivity contribution is 5.60. The Hall–Kier alpha value is -3.15. The van der Waals surface area contributed by atoms with Gasteiger partial charge in [0.2, 0.25) is 5.95 Å². The van der Waals surface area contributed by atoms with Gasteiger partial charge >= 0.3 is 5.69 Å². The van der Waals surface area contributed by atoms with Crippen LogP contribution in [0.25, 0.3) is 11.4 Å². The van der Waals surface area contributed by atoms with Gasteiger partial charge in [-0.1, -0.05) is 42.5 Å². The van der Waals surface area contributed by atoms with Crippen molar-refractivity contribution in [2.75, 3.05) is 10.9 Å². The summed E-state index contributed by atoms with van der Waals surface area (Å²) in [6.45, 7) is 1.96. The first-order valence-electron chi connectivity index (χ1n) is 6.84. The lowest BCUT2D eigenvalue weighted by molar-refractivity contribution is 0.992. The molecular weight excluding hydrogens is 278 g/mol. The molecule has 0 bridgehead atoms. The maximum absolute atomic E-state index is 11.7. The maximum Gasteiger partial charge on any atom is 0.349 e. The fourth-order valence-electron chi connectivity index (χ4n) is 2.06. The molecule has 0 fully saturated rings. The predicted molar refractivity (Wildman–Crippen MR) is 86.5 cm³/mol. The van der Waals surface area contributed by atoms with E-state index >= 15 is 0 Å². The first kappa shape index (κ1) is 13.8. The van der Waals surface area contributed by atoms with Gasteiger partial charge in [-0.3, -0.25) is 15.8 Å². The Morgan fingerprint density at radius 1 is 0.909 bits per heavy atom. The lowest BCUT2D eigenvalue weighted by atomic mass is 10.1. The summed E-state index contributed by atoms with van der Waals surface area (Å²) in [5.41, 5.74) is 8.08. The van der Waals surface area contributed by atoms with Crippen LogP contribution in [0.2, 0.25) is 0 Å². The topological polar surface area (TPSA) is 82.7 Å². The number of rotatable bonds is 4. The maximum atomic E-state index is 11.7. The van der Waals surface area contributed by atoms with Crippen molar-refractivity contribution in [1.82, 2.24) is 15.0 Å². The third kappa shape index (κ3) is 3.12. The molecule has 0 spiro atoms. The molecule has 110 valence electrons. The molecule has 0 aliphatic rings. The first-order chi connectivity index (χ1) is 10.7. The van der Waals surface area contributed by atoms with Crippen LogP contribution in [0.3, 0.4) is 0 Å². The third-order valence-electron chi connectivity index (χ3n) is 3.14. The van der Waals surface area contributed by atoms with Crippen molar-refractivity contribution < 1.29 is 0 Å². The average molecular weight is 293 g/mol. The van der Waals surface area contributed by atoms with Gasteiger partial charge in [-0.25, -0.2) is 4.79 Å². The van der Waals surface area contributed by atoms with E-state index in [0.717, 1.165) is 16.8 Å². The van der Waals surface area contributed by atoms with Crippen LogP contribution >= 0.6 is 0 Å². The Bertz CT molecular complexity index is 829. The number of H-pyrrole nitrogens is 1. The molecule has 6 heteroatoms. The van der Waals surface area contributed by atoms with Gasteiger partial charge in [-0.15, -0.1) is 0 Å². The van der Waals surface area contributed by atoms with Crippen LogP contribution in [-0.2, 0) is 0 Å². The number of hydrogen-bond donors (Lipinski definition) is 3. The van der Waals surface area contributed by atoms with E-state index in [4.69, 9.17) is 0 Å². The minimum atomic E-state index is -0.453. The van der Waals surface area contributed by atoms with Gasteiger partial charge in [0.25, 0.3) is 0 Å². The van der Waals surface area contributed by atoms with Crippen LogP contribution in [-0.4, -0.2) is 15.0 Å². The monoisotopic (exact) mass is 293 g/mol. The summed E-state index contributed by atoms with van der Waals surface area (Å²) >= 11 is 0. The van der Waals surface area contributed by atoms with Crippen LogP contribution in [0, 0.1) is 6.92 Å². The molecule has 3 rings (SSSR count). The zero-order chi connectivity index (χ0) is 15.4. The van der Waals surface area contributed by atoms with E-state index in [1.807, 2.05) is 61.5 Å². The van der Waals surface area contributed by atoms with Gasteiger partial charge in [0.05, 0.1) is 5.69 Å². The van der Waals surface area contributed by atoms with E-state index in [1.54, 1.807) is 0 Å². The number of hydrazine groups is 1. The second kappa shape index (κ2) is 6.09. The Morgan fingerprint density at radius 2 is 1.64 bits per heavy atom. The molecule has 0 aliphatic carbocycles. The van der Waals surface area contributed by atoms with Crippen molar-refractivity contribution in [2.45, 2.75) is 6.92 Å². The molecule has 0 atom stereocenters. The van der Waals surface area contributed by atoms with Crippen molar-refractivity contribution in [3.8, 4) is 11.4 Å². The van der Waals surface area contributed by atoms with Gasteiger partial charge in [-0.2, -0.15) is 9.97 Å². The molecule has 6 nitrogen and oxygen atoms in total. The van der Waals surface area contributed by atoms with Crippen molar-refractivity contribution in [3.63, 3.8) is 0 Å². The molecule has 0 aliphatic heterocycles. The molecule has 3 N–H and O–H groups in total. The molecular formula is C16H15N5O. The van der Waals surface area contributed by atoms with Crippen molar-refractivity contribution in [1.29, 1.82) is 0 Å². The minimum absolute atomic E-state index is 0.214. The summed E-state index contributed by atoms with van der Waals surface area (Å²) in [6, 6.07) is 17.2. The van der Waals surface area contributed by atoms with E-state index in [2.05, 4.69) is 25.8 Å². The van der Waals surface area contributed by atoms with Gasteiger partial charge in [0.1, 0.15) is 5.82 Å². The Balaban J connectivity index is 1.87. The fourth-order valence-corrected chi connectivity index (χ4v) is 2.06. The predicted octanol–water partition coefficient (Wildman–Crippen LogP) is 2.58. The van der Waals surface area contributed by atoms with Gasteiger partial charge in [0.15, 0.2) is 0 Å². The van der Waals surface area contributed by atoms with E-state index in [0.29, 0.717) is 5.82 Å². The largest absolute Gasteiger partial charge is 0.349 e. The summed E-state index contributed by atoms with van der Waals surface area (Å²) in [5, 5.41) is 0. The van der Waals surface area contributed by atoms with E-state index in [9.17, 15) is 4.79 Å². The van der Waals surface area contributed by atoms with E-state index in [-0.39, 0.29) is 5.95 Å². The molecule has 0 amide bonds. The smallest absolute Gasteiger partial charge is 0.298 e. The number of nitrogens with zero attached hydrogens (tertiary/aromatic N) is 2. The second-order valence-electron chi connectivity index (χ2n) is 4.76. The lowest BCUT2D eigenvalue weighted by Gasteiger charge is -2.09. The van der Waals surface area contributed by atoms with Crippen molar-refractivity contribution in [3.05, 3.63) is 70.6 Å². The Morgan fingerprint density at radius 3 is 2.41 bits per heavy atom. The van der Waals surface area contributed by atoms with Crippen LogP contribution in [0.1, 0.15) is 5.56 Å². The quantitative estimate of drug-likeness (QED) is 0.644. The summed E-state index contributed by atoms with van der Waals surface area (Å²) in [5.74, 6) is 0.696. The number of aromatic amines is 1. The van der Waals surface area contributed by atoms with Crippen LogP contribution in [0.15, 0.2) is 59.4 Å². The second-order valence-corrected chi connectivity index (χ2v) is 4.76. The Kier molecular flexibility index (Phi) is 3.82. The molecule has 3 aromatic rings. The number of nitrogens with one attached hydrogen (secondary N) is 3. The molecule has 0 saturated carbocycles. The summed E-state index contributed by atoms with van der Waals surface area (Å²) in [4.78, 5) is 22.5. The molecule has 2 aromatic carbocycles. The minimum Gasteiger partial charge on any atom is -0.298 e. The van der Waals surface area contributed by atoms with E-state index < -0.39 is 5.69 Å². The normalized spacial score (nSPS) is 10.2. The van der Waals surface area contributed by atoms with Crippen LogP contribution < -0.4 is 16.5 Å². The number of aryl methyl sites for hydroxylation is 1. The summed E-state index contributed by atoms with van der Waals surface area (Å²) in [6.07, 6.45) is 0. The molecule has 0 saturated heterocycles. The summed E-state index contributed by atoms with van der Waals surface area (Å²) < 4.78 is 0. The fraction of sp³-hybridized carbons (Fsp3) is 0.0625. The number of anilines is 2. The van der Waals surface area contributed by atoms with Gasteiger partial charge in [0, 0.05) is 5.56 Å². The molecule has 0 radical (unpaired) electrons. The number of hydrogen-bond acceptors (Lipinski definition) is 5. The number of benzene rings is 2. The highest BCUT2D eigenvalue weighted by Crippen LogP contribution is 2.18. The van der Waals surface area contributed by atoms with Crippen molar-refractivity contribution >= 4 is 11.6 Å². The average Bonchev–Trinajstić information content (AvgIpc) is 2.54. The van der Waals surface area contributed by atoms with Gasteiger partial charge in [-0.05, 0) is 24.6 Å². The van der Waals surface area contributed by atoms with Crippen molar-refractivity contribution in [2.24, 2.45) is 0 Å². The molecule has 0 unspecified atom stereocenters. The molecule has 1 heterocycles. The molecule has 22 heavy (non-hydrogen) atoms. The lowest BCUT2D eigenvalue weighted by Crippen LogP contribution is -2.19. The highest BCUT2D eigenvalue weighted by atomic mass is 16.1. The van der Waals surface area contributed by atoms with E-state index in [1.165, 1.54) is 0 Å². The zero-order valence-corrected chi connectivity index (χ0v) is 12.0. The van der Waals surface area contributed by atoms with Gasteiger partial charge < -0.3 is 0 Å². The third-order valence-corrected chi connectivity index (χ3v) is 3.14. The standard InChI is InChI=1S/C16H15N5O/c1-11-7-5-6-10-13(11)14-17-15(19-16(22)18-14)21-20-12-8-3-2-4-9-12/h2-10,20H,1H3,(H2,17,18,19,21,22). The zero-order valence-electron chi connectivity index (χ0n) is 12.0. The number of aromatic nitrogens is 3. The highest BCUT2D eigenvalue weighted by Gasteiger charge is 2.07. The SMILES string of the molecule is Cc1ccccc1-c1nc(NNc2ccccc2)nc(=O)[nH]1. The molecule has 1 aromatic heterocycles. The van der Waals surface area contributed by atoms with Crippen LogP contribution in [0.4, 0.5) is 11.6 Å².